The molecule has 94 valence electrons. The Morgan fingerprint density at radius 2 is 2.06 bits per heavy atom. The maximum absolute atomic E-state index is 4.24. The van der Waals surface area contributed by atoms with Gasteiger partial charge in [0.05, 0.1) is 5.69 Å². The van der Waals surface area contributed by atoms with E-state index in [1.807, 2.05) is 12.4 Å². The van der Waals surface area contributed by atoms with Crippen molar-refractivity contribution in [3.63, 3.8) is 0 Å². The first-order valence-electron chi connectivity index (χ1n) is 6.63. The molecule has 0 bridgehead atoms. The highest BCUT2D eigenvalue weighted by Crippen LogP contribution is 2.39. The van der Waals surface area contributed by atoms with Gasteiger partial charge < -0.3 is 5.32 Å². The maximum Gasteiger partial charge on any atom is 0.0531 e. The lowest BCUT2D eigenvalue weighted by Crippen LogP contribution is -2.35. The second kappa shape index (κ2) is 4.67. The summed E-state index contributed by atoms with van der Waals surface area (Å²) >= 11 is 0. The smallest absolute Gasteiger partial charge is 0.0531 e. The second-order valence-corrected chi connectivity index (χ2v) is 6.51. The molecule has 1 fully saturated rings. The number of anilines is 1. The Morgan fingerprint density at radius 1 is 1.29 bits per heavy atom. The molecule has 1 N–H and O–H groups in total. The lowest BCUT2D eigenvalue weighted by atomic mass is 9.70. The van der Waals surface area contributed by atoms with E-state index in [0.29, 0.717) is 11.5 Å². The Hall–Kier alpha value is -1.05. The molecule has 2 rings (SSSR count). The molecule has 1 aromatic rings. The summed E-state index contributed by atoms with van der Waals surface area (Å²) in [4.78, 5) is 4.24. The van der Waals surface area contributed by atoms with E-state index < -0.39 is 0 Å². The summed E-state index contributed by atoms with van der Waals surface area (Å²) in [7, 11) is 0. The molecule has 17 heavy (non-hydrogen) atoms. The van der Waals surface area contributed by atoms with Crippen molar-refractivity contribution in [2.24, 2.45) is 11.3 Å². The lowest BCUT2D eigenvalue weighted by molar-refractivity contribution is 0.178. The van der Waals surface area contributed by atoms with Crippen LogP contribution in [0.1, 0.15) is 45.6 Å². The summed E-state index contributed by atoms with van der Waals surface area (Å²) in [5.74, 6) is 0.814. The molecule has 2 atom stereocenters. The molecule has 0 saturated heterocycles. The minimum absolute atomic E-state index is 0.465. The summed E-state index contributed by atoms with van der Waals surface area (Å²) in [6.07, 6.45) is 7.71. The minimum atomic E-state index is 0.465. The molecule has 0 amide bonds. The number of pyridine rings is 1. The third-order valence-corrected chi connectivity index (χ3v) is 3.63. The average Bonchev–Trinajstić information content (AvgIpc) is 2.13. The fourth-order valence-electron chi connectivity index (χ4n) is 3.33. The van der Waals surface area contributed by atoms with Crippen LogP contribution in [0.2, 0.25) is 0 Å². The molecule has 0 aromatic carbocycles. The highest BCUT2D eigenvalue weighted by molar-refractivity contribution is 5.43. The number of nitrogens with zero attached hydrogens (tertiary/aromatic N) is 1. The van der Waals surface area contributed by atoms with Gasteiger partial charge in [0.15, 0.2) is 0 Å². The summed E-state index contributed by atoms with van der Waals surface area (Å²) in [6.45, 7) is 9.22. The maximum atomic E-state index is 4.24. The standard InChI is InChI=1S/C15H24N2/c1-11-5-13(8-15(3,4)7-11)17-14-6-12(2)9-16-10-14/h6,9-11,13,17H,5,7-8H2,1-4H3. The van der Waals surface area contributed by atoms with Crippen LogP contribution in [-0.2, 0) is 0 Å². The number of hydrogen-bond donors (Lipinski definition) is 1. The van der Waals surface area contributed by atoms with E-state index in [1.54, 1.807) is 0 Å². The highest BCUT2D eigenvalue weighted by Gasteiger charge is 2.31. The van der Waals surface area contributed by atoms with Gasteiger partial charge in [0, 0.05) is 18.4 Å². The van der Waals surface area contributed by atoms with Gasteiger partial charge in [-0.1, -0.05) is 20.8 Å². The molecule has 0 spiro atoms. The third-order valence-electron chi connectivity index (χ3n) is 3.63. The molecular weight excluding hydrogens is 208 g/mol. The normalized spacial score (nSPS) is 27.8. The minimum Gasteiger partial charge on any atom is -0.381 e. The van der Waals surface area contributed by atoms with E-state index in [4.69, 9.17) is 0 Å². The Morgan fingerprint density at radius 3 is 2.71 bits per heavy atom. The van der Waals surface area contributed by atoms with Crippen molar-refractivity contribution < 1.29 is 0 Å². The van der Waals surface area contributed by atoms with Gasteiger partial charge in [-0.2, -0.15) is 0 Å². The quantitative estimate of drug-likeness (QED) is 0.833. The first-order chi connectivity index (χ1) is 7.94. The van der Waals surface area contributed by atoms with Crippen LogP contribution >= 0.6 is 0 Å². The summed E-state index contributed by atoms with van der Waals surface area (Å²) < 4.78 is 0. The second-order valence-electron chi connectivity index (χ2n) is 6.51. The van der Waals surface area contributed by atoms with E-state index in [0.717, 1.165) is 5.92 Å². The summed E-state index contributed by atoms with van der Waals surface area (Å²) in [5.41, 5.74) is 2.85. The van der Waals surface area contributed by atoms with Crippen molar-refractivity contribution >= 4 is 5.69 Å². The van der Waals surface area contributed by atoms with Crippen LogP contribution in [0.3, 0.4) is 0 Å². The zero-order chi connectivity index (χ0) is 12.5. The van der Waals surface area contributed by atoms with Gasteiger partial charge in [-0.05, 0) is 49.1 Å². The first-order valence-corrected chi connectivity index (χ1v) is 6.63. The monoisotopic (exact) mass is 232 g/mol. The third kappa shape index (κ3) is 3.45. The van der Waals surface area contributed by atoms with E-state index in [-0.39, 0.29) is 0 Å². The molecular formula is C15H24N2. The molecule has 2 nitrogen and oxygen atoms in total. The van der Waals surface area contributed by atoms with Crippen molar-refractivity contribution in [1.82, 2.24) is 4.98 Å². The Labute approximate surface area is 105 Å². The fourth-order valence-corrected chi connectivity index (χ4v) is 3.33. The molecule has 0 radical (unpaired) electrons. The zero-order valence-electron chi connectivity index (χ0n) is 11.5. The van der Waals surface area contributed by atoms with Crippen molar-refractivity contribution in [2.45, 2.75) is 53.0 Å². The largest absolute Gasteiger partial charge is 0.381 e. The Balaban J connectivity index is 2.03. The van der Waals surface area contributed by atoms with Crippen LogP contribution in [0, 0.1) is 18.3 Å². The van der Waals surface area contributed by atoms with Crippen LogP contribution in [0.4, 0.5) is 5.69 Å². The Kier molecular flexibility index (Phi) is 3.41. The predicted octanol–water partition coefficient (Wildman–Crippen LogP) is 4.02. The van der Waals surface area contributed by atoms with Gasteiger partial charge in [0.1, 0.15) is 0 Å². The fraction of sp³-hybridized carbons (Fsp3) is 0.667. The van der Waals surface area contributed by atoms with Crippen molar-refractivity contribution in [2.75, 3.05) is 5.32 Å². The van der Waals surface area contributed by atoms with Crippen LogP contribution < -0.4 is 5.32 Å². The van der Waals surface area contributed by atoms with Gasteiger partial charge in [-0.25, -0.2) is 0 Å². The van der Waals surface area contributed by atoms with E-state index in [1.165, 1.54) is 30.5 Å². The van der Waals surface area contributed by atoms with Gasteiger partial charge >= 0.3 is 0 Å². The van der Waals surface area contributed by atoms with Gasteiger partial charge in [-0.3, -0.25) is 4.98 Å². The van der Waals surface area contributed by atoms with Gasteiger partial charge in [0.25, 0.3) is 0 Å². The van der Waals surface area contributed by atoms with Gasteiger partial charge in [0.2, 0.25) is 0 Å². The lowest BCUT2D eigenvalue weighted by Gasteiger charge is -2.39. The summed E-state index contributed by atoms with van der Waals surface area (Å²) in [5, 5.41) is 3.65. The number of hydrogen-bond acceptors (Lipinski definition) is 2. The molecule has 0 aliphatic heterocycles. The topological polar surface area (TPSA) is 24.9 Å². The molecule has 1 saturated carbocycles. The molecule has 2 unspecified atom stereocenters. The van der Waals surface area contributed by atoms with Crippen LogP contribution in [0.25, 0.3) is 0 Å². The average molecular weight is 232 g/mol. The first kappa shape index (κ1) is 12.4. The van der Waals surface area contributed by atoms with Crippen molar-refractivity contribution in [1.29, 1.82) is 0 Å². The van der Waals surface area contributed by atoms with Gasteiger partial charge in [-0.15, -0.1) is 0 Å². The van der Waals surface area contributed by atoms with Crippen LogP contribution in [-0.4, -0.2) is 11.0 Å². The van der Waals surface area contributed by atoms with Crippen molar-refractivity contribution in [3.05, 3.63) is 24.0 Å². The predicted molar refractivity (Wildman–Crippen MR) is 73.2 cm³/mol. The van der Waals surface area contributed by atoms with E-state index in [9.17, 15) is 0 Å². The molecule has 1 aliphatic rings. The molecule has 1 heterocycles. The SMILES string of the molecule is Cc1cncc(NC2CC(C)CC(C)(C)C2)c1. The Bertz CT molecular complexity index is 384. The number of rotatable bonds is 2. The summed E-state index contributed by atoms with van der Waals surface area (Å²) in [6, 6.07) is 2.77. The molecule has 1 aromatic heterocycles. The molecule has 2 heteroatoms. The van der Waals surface area contributed by atoms with E-state index in [2.05, 4.69) is 44.1 Å². The number of aromatic nitrogens is 1. The van der Waals surface area contributed by atoms with Crippen LogP contribution in [0.5, 0.6) is 0 Å². The number of nitrogens with one attached hydrogen (secondary N) is 1. The zero-order valence-corrected chi connectivity index (χ0v) is 11.5. The number of aryl methyl sites for hydroxylation is 1. The van der Waals surface area contributed by atoms with Crippen molar-refractivity contribution in [3.8, 4) is 0 Å². The molecule has 1 aliphatic carbocycles. The highest BCUT2D eigenvalue weighted by atomic mass is 14.9. The van der Waals surface area contributed by atoms with E-state index >= 15 is 0 Å². The van der Waals surface area contributed by atoms with Crippen LogP contribution in [0.15, 0.2) is 18.5 Å².